The van der Waals surface area contributed by atoms with Crippen LogP contribution in [0.15, 0.2) is 82.7 Å². The van der Waals surface area contributed by atoms with Gasteiger partial charge in [-0.1, -0.05) is 36.4 Å². The summed E-state index contributed by atoms with van der Waals surface area (Å²) >= 11 is 0. The number of hydrogen-bond acceptors (Lipinski definition) is 4. The summed E-state index contributed by atoms with van der Waals surface area (Å²) in [6.07, 6.45) is 1.06. The van der Waals surface area contributed by atoms with E-state index in [1.807, 2.05) is 0 Å². The fraction of sp³-hybridized carbons (Fsp3) is 0. The molecule has 6 nitrogen and oxygen atoms in total. The lowest BCUT2D eigenvalue weighted by atomic mass is 10.1. The van der Waals surface area contributed by atoms with Gasteiger partial charge in [0.15, 0.2) is 5.69 Å². The van der Waals surface area contributed by atoms with Crippen LogP contribution in [0, 0.1) is 11.6 Å². The standard InChI is InChI=1S/C22H14F2N4O2/c23-15-11-10-14(19(24)12-15)13-25-26-21(29)20-17-8-4-5-9-18(17)22(30)28(27-20)16-6-2-1-3-7-16/h1-13H,(H,26,29)/b25-13-. The molecule has 0 saturated heterocycles. The van der Waals surface area contributed by atoms with E-state index in [4.69, 9.17) is 0 Å². The lowest BCUT2D eigenvalue weighted by Gasteiger charge is -2.10. The van der Waals surface area contributed by atoms with E-state index < -0.39 is 17.5 Å². The molecule has 0 spiro atoms. The van der Waals surface area contributed by atoms with Crippen LogP contribution in [0.3, 0.4) is 0 Å². The Morgan fingerprint density at radius 3 is 2.40 bits per heavy atom. The smallest absolute Gasteiger partial charge is 0.267 e. The molecule has 0 bridgehead atoms. The molecular weight excluding hydrogens is 390 g/mol. The molecule has 1 N–H and O–H groups in total. The Kier molecular flexibility index (Phi) is 5.13. The van der Waals surface area contributed by atoms with Crippen molar-refractivity contribution in [2.45, 2.75) is 0 Å². The summed E-state index contributed by atoms with van der Waals surface area (Å²) in [5, 5.41) is 8.62. The number of fused-ring (bicyclic) bond motifs is 1. The second-order valence-corrected chi connectivity index (χ2v) is 6.31. The molecule has 0 radical (unpaired) electrons. The number of aromatic nitrogens is 2. The number of hydrogen-bond donors (Lipinski definition) is 1. The van der Waals surface area contributed by atoms with E-state index in [0.29, 0.717) is 22.5 Å². The molecule has 8 heteroatoms. The third kappa shape index (κ3) is 3.70. The average Bonchev–Trinajstić information content (AvgIpc) is 2.76. The Hall–Kier alpha value is -4.20. The summed E-state index contributed by atoms with van der Waals surface area (Å²) in [5.41, 5.74) is 2.38. The molecule has 148 valence electrons. The van der Waals surface area contributed by atoms with Crippen LogP contribution < -0.4 is 11.0 Å². The molecule has 0 fully saturated rings. The van der Waals surface area contributed by atoms with E-state index in [1.54, 1.807) is 54.6 Å². The Morgan fingerprint density at radius 1 is 0.967 bits per heavy atom. The van der Waals surface area contributed by atoms with Crippen LogP contribution in [-0.2, 0) is 0 Å². The normalized spacial score (nSPS) is 11.1. The molecule has 0 atom stereocenters. The summed E-state index contributed by atoms with van der Waals surface area (Å²) in [6.45, 7) is 0. The van der Waals surface area contributed by atoms with Crippen molar-refractivity contribution in [3.8, 4) is 5.69 Å². The van der Waals surface area contributed by atoms with Gasteiger partial charge in [0.2, 0.25) is 0 Å². The van der Waals surface area contributed by atoms with Crippen LogP contribution in [0.2, 0.25) is 0 Å². The van der Waals surface area contributed by atoms with Gasteiger partial charge >= 0.3 is 0 Å². The highest BCUT2D eigenvalue weighted by molar-refractivity contribution is 6.05. The number of para-hydroxylation sites is 1. The van der Waals surface area contributed by atoms with Crippen LogP contribution in [0.1, 0.15) is 16.1 Å². The predicted molar refractivity (Wildman–Crippen MR) is 109 cm³/mol. The molecule has 4 aromatic rings. The number of nitrogens with one attached hydrogen (secondary N) is 1. The quantitative estimate of drug-likeness (QED) is 0.418. The minimum atomic E-state index is -0.811. The molecule has 30 heavy (non-hydrogen) atoms. The van der Waals surface area contributed by atoms with Crippen molar-refractivity contribution in [3.05, 3.63) is 106 Å². The second-order valence-electron chi connectivity index (χ2n) is 6.31. The molecule has 4 rings (SSSR count). The topological polar surface area (TPSA) is 76.3 Å². The fourth-order valence-corrected chi connectivity index (χ4v) is 2.92. The minimum absolute atomic E-state index is 0.00349. The summed E-state index contributed by atoms with van der Waals surface area (Å²) in [7, 11) is 0. The van der Waals surface area contributed by atoms with E-state index in [9.17, 15) is 18.4 Å². The van der Waals surface area contributed by atoms with Gasteiger partial charge in [-0.15, -0.1) is 0 Å². The van der Waals surface area contributed by atoms with E-state index in [-0.39, 0.29) is 16.8 Å². The highest BCUT2D eigenvalue weighted by atomic mass is 19.1. The Bertz CT molecular complexity index is 1330. The number of hydrazone groups is 1. The Morgan fingerprint density at radius 2 is 1.67 bits per heavy atom. The lowest BCUT2D eigenvalue weighted by Crippen LogP contribution is -2.28. The first-order chi connectivity index (χ1) is 14.5. The minimum Gasteiger partial charge on any atom is -0.267 e. The first kappa shape index (κ1) is 19.1. The van der Waals surface area contributed by atoms with Gasteiger partial charge in [0.25, 0.3) is 11.5 Å². The van der Waals surface area contributed by atoms with E-state index >= 15 is 0 Å². The lowest BCUT2D eigenvalue weighted by molar-refractivity contribution is 0.0950. The van der Waals surface area contributed by atoms with Gasteiger partial charge < -0.3 is 0 Å². The second kappa shape index (κ2) is 8.04. The van der Waals surface area contributed by atoms with Crippen molar-refractivity contribution in [1.82, 2.24) is 15.2 Å². The zero-order valence-corrected chi connectivity index (χ0v) is 15.4. The molecular formula is C22H14F2N4O2. The number of benzene rings is 3. The highest BCUT2D eigenvalue weighted by Crippen LogP contribution is 2.15. The zero-order valence-electron chi connectivity index (χ0n) is 15.4. The number of halogens is 2. The maximum absolute atomic E-state index is 13.7. The Balaban J connectivity index is 1.72. The van der Waals surface area contributed by atoms with Crippen molar-refractivity contribution in [2.75, 3.05) is 0 Å². The number of rotatable bonds is 4. The van der Waals surface area contributed by atoms with E-state index in [0.717, 1.165) is 17.0 Å². The maximum Gasteiger partial charge on any atom is 0.292 e. The van der Waals surface area contributed by atoms with Gasteiger partial charge in [0.1, 0.15) is 11.6 Å². The van der Waals surface area contributed by atoms with Gasteiger partial charge in [-0.05, 0) is 30.3 Å². The zero-order chi connectivity index (χ0) is 21.1. The van der Waals surface area contributed by atoms with Crippen molar-refractivity contribution in [3.63, 3.8) is 0 Å². The largest absolute Gasteiger partial charge is 0.292 e. The van der Waals surface area contributed by atoms with Gasteiger partial charge in [0.05, 0.1) is 17.3 Å². The number of nitrogens with zero attached hydrogens (tertiary/aromatic N) is 3. The first-order valence-corrected chi connectivity index (χ1v) is 8.90. The van der Waals surface area contributed by atoms with E-state index in [2.05, 4.69) is 15.6 Å². The van der Waals surface area contributed by atoms with Gasteiger partial charge in [0, 0.05) is 17.0 Å². The molecule has 0 aliphatic rings. The monoisotopic (exact) mass is 404 g/mol. The molecule has 0 saturated carbocycles. The molecule has 1 amide bonds. The maximum atomic E-state index is 13.7. The summed E-state index contributed by atoms with van der Waals surface area (Å²) < 4.78 is 27.8. The van der Waals surface area contributed by atoms with Crippen molar-refractivity contribution >= 4 is 22.9 Å². The Labute approximate surface area is 169 Å². The molecule has 1 heterocycles. The average molecular weight is 404 g/mol. The third-order valence-electron chi connectivity index (χ3n) is 4.35. The van der Waals surface area contributed by atoms with Gasteiger partial charge in [-0.25, -0.2) is 14.2 Å². The third-order valence-corrected chi connectivity index (χ3v) is 4.35. The number of amides is 1. The first-order valence-electron chi connectivity index (χ1n) is 8.90. The summed E-state index contributed by atoms with van der Waals surface area (Å²) in [4.78, 5) is 25.6. The summed E-state index contributed by atoms with van der Waals surface area (Å²) in [6, 6.07) is 18.3. The van der Waals surface area contributed by atoms with Gasteiger partial charge in [-0.2, -0.15) is 14.9 Å². The molecule has 1 aromatic heterocycles. The van der Waals surface area contributed by atoms with Gasteiger partial charge in [-0.3, -0.25) is 9.59 Å². The predicted octanol–water partition coefficient (Wildman–Crippen LogP) is 3.43. The van der Waals surface area contributed by atoms with Crippen LogP contribution in [0.5, 0.6) is 0 Å². The van der Waals surface area contributed by atoms with Crippen LogP contribution in [0.4, 0.5) is 8.78 Å². The highest BCUT2D eigenvalue weighted by Gasteiger charge is 2.17. The SMILES string of the molecule is O=C(N/N=C\c1ccc(F)cc1F)c1nn(-c2ccccc2)c(=O)c2ccccc12. The van der Waals surface area contributed by atoms with Crippen molar-refractivity contribution < 1.29 is 13.6 Å². The van der Waals surface area contributed by atoms with E-state index in [1.165, 1.54) is 6.07 Å². The number of carbonyl (C=O) groups excluding carboxylic acids is 1. The molecule has 3 aromatic carbocycles. The fourth-order valence-electron chi connectivity index (χ4n) is 2.92. The molecule has 0 unspecified atom stereocenters. The number of carbonyl (C=O) groups is 1. The van der Waals surface area contributed by atoms with Crippen molar-refractivity contribution in [1.29, 1.82) is 0 Å². The molecule has 0 aliphatic carbocycles. The molecule has 0 aliphatic heterocycles. The van der Waals surface area contributed by atoms with Crippen LogP contribution >= 0.6 is 0 Å². The van der Waals surface area contributed by atoms with Crippen LogP contribution in [0.25, 0.3) is 16.5 Å². The summed E-state index contributed by atoms with van der Waals surface area (Å²) in [5.74, 6) is -2.21. The van der Waals surface area contributed by atoms with Crippen molar-refractivity contribution in [2.24, 2.45) is 5.10 Å². The van der Waals surface area contributed by atoms with Crippen LogP contribution in [-0.4, -0.2) is 21.9 Å².